The van der Waals surface area contributed by atoms with E-state index in [1.807, 2.05) is 49.4 Å². The number of nitrogens with zero attached hydrogens (tertiary/aromatic N) is 3. The first-order chi connectivity index (χ1) is 9.24. The lowest BCUT2D eigenvalue weighted by atomic mass is 10.1. The Hall–Kier alpha value is -2.27. The standard InChI is InChI=1S/C14H11N3OS/c1-10(7-11-5-3-2-4-6-11)8-12-13(18)17-14(19-12)15-9-16-17/h2-9H,1H3/b10-7+,12-8-. The normalized spacial score (nSPS) is 13.3. The van der Waals surface area contributed by atoms with Crippen LogP contribution in [0.3, 0.4) is 0 Å². The highest BCUT2D eigenvalue weighted by Crippen LogP contribution is 2.07. The van der Waals surface area contributed by atoms with Crippen molar-refractivity contribution >= 4 is 28.4 Å². The number of hydrogen-bond acceptors (Lipinski definition) is 4. The number of benzene rings is 1. The number of thiazole rings is 1. The van der Waals surface area contributed by atoms with Gasteiger partial charge in [-0.1, -0.05) is 47.7 Å². The van der Waals surface area contributed by atoms with E-state index in [2.05, 4.69) is 10.1 Å². The maximum atomic E-state index is 12.0. The molecule has 0 aliphatic rings. The Morgan fingerprint density at radius 3 is 2.84 bits per heavy atom. The lowest BCUT2D eigenvalue weighted by Crippen LogP contribution is -2.23. The van der Waals surface area contributed by atoms with Gasteiger partial charge in [-0.25, -0.2) is 4.98 Å². The highest BCUT2D eigenvalue weighted by atomic mass is 32.1. The van der Waals surface area contributed by atoms with E-state index in [1.165, 1.54) is 22.2 Å². The van der Waals surface area contributed by atoms with E-state index in [0.717, 1.165) is 11.1 Å². The summed E-state index contributed by atoms with van der Waals surface area (Å²) < 4.78 is 1.98. The fourth-order valence-electron chi connectivity index (χ4n) is 1.84. The summed E-state index contributed by atoms with van der Waals surface area (Å²) in [5.41, 5.74) is 2.02. The third-order valence-electron chi connectivity index (χ3n) is 2.67. The molecule has 0 aliphatic carbocycles. The predicted molar refractivity (Wildman–Crippen MR) is 76.9 cm³/mol. The van der Waals surface area contributed by atoms with Crippen LogP contribution >= 0.6 is 11.3 Å². The summed E-state index contributed by atoms with van der Waals surface area (Å²) >= 11 is 1.35. The third-order valence-corrected chi connectivity index (χ3v) is 3.65. The lowest BCUT2D eigenvalue weighted by molar-refractivity contribution is 0.932. The van der Waals surface area contributed by atoms with Gasteiger partial charge in [0.2, 0.25) is 4.96 Å². The van der Waals surface area contributed by atoms with Gasteiger partial charge in [-0.2, -0.15) is 9.61 Å². The van der Waals surface area contributed by atoms with Gasteiger partial charge < -0.3 is 0 Å². The molecule has 19 heavy (non-hydrogen) atoms. The molecule has 0 saturated heterocycles. The van der Waals surface area contributed by atoms with Gasteiger partial charge in [0.1, 0.15) is 6.33 Å². The van der Waals surface area contributed by atoms with Crippen molar-refractivity contribution in [1.82, 2.24) is 14.6 Å². The molecule has 0 spiro atoms. The zero-order chi connectivity index (χ0) is 13.2. The predicted octanol–water partition coefficient (Wildman–Crippen LogP) is 1.75. The minimum absolute atomic E-state index is 0.113. The fourth-order valence-corrected chi connectivity index (χ4v) is 2.77. The van der Waals surface area contributed by atoms with Gasteiger partial charge in [0, 0.05) is 0 Å². The van der Waals surface area contributed by atoms with E-state index in [-0.39, 0.29) is 5.56 Å². The molecule has 0 unspecified atom stereocenters. The molecule has 2 aromatic heterocycles. The molecule has 0 bridgehead atoms. The van der Waals surface area contributed by atoms with Crippen LogP contribution < -0.4 is 10.1 Å². The molecule has 3 rings (SSSR count). The van der Waals surface area contributed by atoms with Gasteiger partial charge in [0.05, 0.1) is 4.53 Å². The van der Waals surface area contributed by atoms with E-state index >= 15 is 0 Å². The molecule has 0 atom stereocenters. The zero-order valence-corrected chi connectivity index (χ0v) is 11.1. The topological polar surface area (TPSA) is 47.3 Å². The number of allylic oxidation sites excluding steroid dienone is 1. The smallest absolute Gasteiger partial charge is 0.266 e. The van der Waals surface area contributed by atoms with Crippen LogP contribution in [-0.2, 0) is 0 Å². The second-order valence-electron chi connectivity index (χ2n) is 4.17. The Labute approximate surface area is 113 Å². The summed E-state index contributed by atoms with van der Waals surface area (Å²) in [5.74, 6) is 0. The van der Waals surface area contributed by atoms with Crippen molar-refractivity contribution < 1.29 is 0 Å². The molecule has 0 radical (unpaired) electrons. The van der Waals surface area contributed by atoms with Crippen LogP contribution in [0.15, 0.2) is 47.0 Å². The van der Waals surface area contributed by atoms with Gasteiger partial charge in [0.15, 0.2) is 0 Å². The molecular formula is C14H11N3OS. The quantitative estimate of drug-likeness (QED) is 0.712. The largest absolute Gasteiger partial charge is 0.291 e. The van der Waals surface area contributed by atoms with Crippen molar-refractivity contribution in [3.8, 4) is 0 Å². The third kappa shape index (κ3) is 2.32. The molecule has 5 heteroatoms. The molecule has 0 fully saturated rings. The van der Waals surface area contributed by atoms with Gasteiger partial charge in [-0.3, -0.25) is 4.79 Å². The van der Waals surface area contributed by atoms with Crippen LogP contribution in [0.1, 0.15) is 12.5 Å². The van der Waals surface area contributed by atoms with Gasteiger partial charge in [-0.15, -0.1) is 0 Å². The van der Waals surface area contributed by atoms with Crippen LogP contribution in [0.5, 0.6) is 0 Å². The highest BCUT2D eigenvalue weighted by molar-refractivity contribution is 7.15. The molecule has 2 heterocycles. The zero-order valence-electron chi connectivity index (χ0n) is 10.3. The minimum Gasteiger partial charge on any atom is -0.266 e. The second-order valence-corrected chi connectivity index (χ2v) is 5.18. The molecule has 3 aromatic rings. The summed E-state index contributed by atoms with van der Waals surface area (Å²) in [5, 5.41) is 3.89. The number of rotatable bonds is 2. The summed E-state index contributed by atoms with van der Waals surface area (Å²) in [7, 11) is 0. The lowest BCUT2D eigenvalue weighted by Gasteiger charge is -1.93. The van der Waals surface area contributed by atoms with E-state index in [9.17, 15) is 4.79 Å². The van der Waals surface area contributed by atoms with Gasteiger partial charge >= 0.3 is 0 Å². The molecule has 0 aliphatic heterocycles. The van der Waals surface area contributed by atoms with Crippen molar-refractivity contribution in [1.29, 1.82) is 0 Å². The number of fused-ring (bicyclic) bond motifs is 1. The van der Waals surface area contributed by atoms with Crippen molar-refractivity contribution in [2.75, 3.05) is 0 Å². The van der Waals surface area contributed by atoms with Crippen molar-refractivity contribution in [3.63, 3.8) is 0 Å². The van der Waals surface area contributed by atoms with Crippen LogP contribution in [0.4, 0.5) is 0 Å². The Kier molecular flexibility index (Phi) is 2.97. The van der Waals surface area contributed by atoms with Crippen LogP contribution in [-0.4, -0.2) is 14.6 Å². The van der Waals surface area contributed by atoms with Gasteiger partial charge in [0.25, 0.3) is 5.56 Å². The van der Waals surface area contributed by atoms with Crippen LogP contribution in [0.2, 0.25) is 0 Å². The SMILES string of the molecule is CC(/C=c1\sc2ncnn2c1=O)=C\c1ccccc1. The van der Waals surface area contributed by atoms with Crippen LogP contribution in [0, 0.1) is 0 Å². The summed E-state index contributed by atoms with van der Waals surface area (Å²) in [4.78, 5) is 16.6. The van der Waals surface area contributed by atoms with Crippen molar-refractivity contribution in [3.05, 3.63) is 62.7 Å². The van der Waals surface area contributed by atoms with Crippen molar-refractivity contribution in [2.24, 2.45) is 0 Å². The molecule has 0 amide bonds. The maximum Gasteiger partial charge on any atom is 0.291 e. The number of aromatic nitrogens is 3. The molecule has 0 saturated carbocycles. The average Bonchev–Trinajstić information content (AvgIpc) is 2.96. The van der Waals surface area contributed by atoms with E-state index in [0.29, 0.717) is 9.49 Å². The molecular weight excluding hydrogens is 258 g/mol. The molecule has 94 valence electrons. The van der Waals surface area contributed by atoms with Crippen molar-refractivity contribution in [2.45, 2.75) is 6.92 Å². The Morgan fingerprint density at radius 1 is 1.32 bits per heavy atom. The Balaban J connectivity index is 2.06. The van der Waals surface area contributed by atoms with Gasteiger partial charge in [-0.05, 0) is 24.1 Å². The monoisotopic (exact) mass is 269 g/mol. The Morgan fingerprint density at radius 2 is 2.11 bits per heavy atom. The van der Waals surface area contributed by atoms with E-state index in [1.54, 1.807) is 0 Å². The molecule has 1 aromatic carbocycles. The molecule has 0 N–H and O–H groups in total. The fraction of sp³-hybridized carbons (Fsp3) is 0.0714. The summed E-state index contributed by atoms with van der Waals surface area (Å²) in [6, 6.07) is 10.0. The first-order valence-electron chi connectivity index (χ1n) is 5.81. The summed E-state index contributed by atoms with van der Waals surface area (Å²) in [6.07, 6.45) is 5.30. The minimum atomic E-state index is -0.113. The Bertz CT molecular complexity index is 846. The average molecular weight is 269 g/mol. The van der Waals surface area contributed by atoms with E-state index < -0.39 is 0 Å². The molecule has 4 nitrogen and oxygen atoms in total. The second kappa shape index (κ2) is 4.78. The van der Waals surface area contributed by atoms with Crippen LogP contribution in [0.25, 0.3) is 17.1 Å². The highest BCUT2D eigenvalue weighted by Gasteiger charge is 2.04. The number of hydrogen-bond donors (Lipinski definition) is 0. The first kappa shape index (κ1) is 11.8. The summed E-state index contributed by atoms with van der Waals surface area (Å²) in [6.45, 7) is 1.97. The maximum absolute atomic E-state index is 12.0. The van der Waals surface area contributed by atoms with E-state index in [4.69, 9.17) is 0 Å². The first-order valence-corrected chi connectivity index (χ1v) is 6.63.